The summed E-state index contributed by atoms with van der Waals surface area (Å²) in [7, 11) is 5.79. The van der Waals surface area contributed by atoms with Gasteiger partial charge in [0.2, 0.25) is 0 Å². The first kappa shape index (κ1) is 29.1. The predicted molar refractivity (Wildman–Crippen MR) is 125 cm³/mol. The Balaban J connectivity index is 3.78. The predicted octanol–water partition coefficient (Wildman–Crippen LogP) is 5.15. The summed E-state index contributed by atoms with van der Waals surface area (Å²) in [5.74, 6) is -1.79. The Morgan fingerprint density at radius 2 is 1.33 bits per heavy atom. The SMILES string of the molecule is CCCCCCCCC=CCCCCCC(O)CCC(C(=O)O)C(O)C[N+](C)(C)C. The molecule has 3 unspecified atom stereocenters. The quantitative estimate of drug-likeness (QED) is 0.142. The molecule has 3 N–H and O–H groups in total. The van der Waals surface area contributed by atoms with Crippen molar-refractivity contribution in [2.24, 2.45) is 5.92 Å². The van der Waals surface area contributed by atoms with Gasteiger partial charge in [-0.15, -0.1) is 0 Å². The van der Waals surface area contributed by atoms with E-state index in [2.05, 4.69) is 19.1 Å². The standard InChI is InChI=1S/C25H49NO4/c1-5-6-7-8-9-10-11-12-13-14-15-16-17-18-22(27)19-20-23(25(29)30)24(28)21-26(2,3)4/h12-13,22-24,27-28H,5-11,14-21H2,1-4H3/p+1. The van der Waals surface area contributed by atoms with Gasteiger partial charge in [0.1, 0.15) is 12.6 Å². The fourth-order valence-electron chi connectivity index (χ4n) is 3.78. The first-order valence-corrected chi connectivity index (χ1v) is 12.2. The zero-order valence-electron chi connectivity index (χ0n) is 20.2. The van der Waals surface area contributed by atoms with Crippen molar-refractivity contribution in [2.75, 3.05) is 27.7 Å². The van der Waals surface area contributed by atoms with Crippen LogP contribution in [0.15, 0.2) is 12.2 Å². The smallest absolute Gasteiger partial charge is 0.309 e. The van der Waals surface area contributed by atoms with E-state index < -0.39 is 24.1 Å². The maximum absolute atomic E-state index is 11.5. The number of hydrogen-bond acceptors (Lipinski definition) is 3. The van der Waals surface area contributed by atoms with Gasteiger partial charge in [-0.3, -0.25) is 4.79 Å². The minimum atomic E-state index is -0.976. The third kappa shape index (κ3) is 17.9. The normalized spacial score (nSPS) is 15.4. The number of aliphatic hydroxyl groups excluding tert-OH is 2. The average Bonchev–Trinajstić information content (AvgIpc) is 2.64. The lowest BCUT2D eigenvalue weighted by molar-refractivity contribution is -0.874. The van der Waals surface area contributed by atoms with Crippen molar-refractivity contribution in [3.8, 4) is 0 Å². The van der Waals surface area contributed by atoms with Crippen molar-refractivity contribution >= 4 is 5.97 Å². The summed E-state index contributed by atoms with van der Waals surface area (Å²) in [6.07, 6.45) is 18.2. The molecule has 0 aromatic carbocycles. The fourth-order valence-corrected chi connectivity index (χ4v) is 3.78. The van der Waals surface area contributed by atoms with E-state index in [1.807, 2.05) is 21.1 Å². The van der Waals surface area contributed by atoms with E-state index in [9.17, 15) is 20.1 Å². The summed E-state index contributed by atoms with van der Waals surface area (Å²) < 4.78 is 0.515. The zero-order valence-corrected chi connectivity index (χ0v) is 20.2. The van der Waals surface area contributed by atoms with Gasteiger partial charge in [0, 0.05) is 0 Å². The Hall–Kier alpha value is -0.910. The first-order chi connectivity index (χ1) is 14.2. The van der Waals surface area contributed by atoms with Gasteiger partial charge in [-0.05, 0) is 44.9 Å². The molecule has 0 saturated carbocycles. The van der Waals surface area contributed by atoms with Crippen LogP contribution in [0.1, 0.15) is 96.8 Å². The monoisotopic (exact) mass is 428 g/mol. The largest absolute Gasteiger partial charge is 0.481 e. The Kier molecular flexibility index (Phi) is 17.2. The number of carboxylic acids is 1. The fraction of sp³-hybridized carbons (Fsp3) is 0.880. The van der Waals surface area contributed by atoms with Gasteiger partial charge in [-0.1, -0.05) is 64.0 Å². The number of unbranched alkanes of at least 4 members (excludes halogenated alkanes) is 9. The van der Waals surface area contributed by atoms with Crippen LogP contribution in [-0.4, -0.2) is 65.7 Å². The van der Waals surface area contributed by atoms with Crippen LogP contribution in [0.5, 0.6) is 0 Å². The van der Waals surface area contributed by atoms with E-state index >= 15 is 0 Å². The van der Waals surface area contributed by atoms with Crippen molar-refractivity contribution in [2.45, 2.75) is 109 Å². The third-order valence-electron chi connectivity index (χ3n) is 5.63. The molecule has 0 rings (SSSR count). The third-order valence-corrected chi connectivity index (χ3v) is 5.63. The number of aliphatic carboxylic acids is 1. The summed E-state index contributed by atoms with van der Waals surface area (Å²) in [5.41, 5.74) is 0. The molecule has 0 bridgehead atoms. The van der Waals surface area contributed by atoms with Crippen molar-refractivity contribution in [1.82, 2.24) is 0 Å². The molecule has 0 fully saturated rings. The Morgan fingerprint density at radius 3 is 1.87 bits per heavy atom. The number of aliphatic hydroxyl groups is 2. The maximum Gasteiger partial charge on any atom is 0.309 e. The van der Waals surface area contributed by atoms with Crippen molar-refractivity contribution in [3.05, 3.63) is 12.2 Å². The van der Waals surface area contributed by atoms with E-state index in [0.717, 1.165) is 25.7 Å². The van der Waals surface area contributed by atoms with Gasteiger partial charge in [-0.25, -0.2) is 0 Å². The minimum absolute atomic E-state index is 0.318. The second-order valence-electron chi connectivity index (χ2n) is 9.88. The van der Waals surface area contributed by atoms with E-state index in [1.165, 1.54) is 44.9 Å². The molecule has 0 aliphatic heterocycles. The highest BCUT2D eigenvalue weighted by atomic mass is 16.4. The molecular weight excluding hydrogens is 378 g/mol. The lowest BCUT2D eigenvalue weighted by Crippen LogP contribution is -2.45. The van der Waals surface area contributed by atoms with Crippen LogP contribution in [0.4, 0.5) is 0 Å². The maximum atomic E-state index is 11.5. The van der Waals surface area contributed by atoms with Crippen molar-refractivity contribution in [3.63, 3.8) is 0 Å². The first-order valence-electron chi connectivity index (χ1n) is 12.2. The molecule has 0 aromatic rings. The topological polar surface area (TPSA) is 77.8 Å². The number of allylic oxidation sites excluding steroid dienone is 2. The lowest BCUT2D eigenvalue weighted by Gasteiger charge is -2.29. The molecule has 178 valence electrons. The van der Waals surface area contributed by atoms with Crippen molar-refractivity contribution in [1.29, 1.82) is 0 Å². The van der Waals surface area contributed by atoms with E-state index in [0.29, 0.717) is 30.3 Å². The van der Waals surface area contributed by atoms with Gasteiger partial charge in [0.05, 0.1) is 33.2 Å². The van der Waals surface area contributed by atoms with Crippen LogP contribution < -0.4 is 0 Å². The summed E-state index contributed by atoms with van der Waals surface area (Å²) in [6, 6.07) is 0. The van der Waals surface area contributed by atoms with E-state index in [-0.39, 0.29) is 0 Å². The van der Waals surface area contributed by atoms with Gasteiger partial charge < -0.3 is 19.8 Å². The Morgan fingerprint density at radius 1 is 0.800 bits per heavy atom. The van der Waals surface area contributed by atoms with Crippen LogP contribution in [0, 0.1) is 5.92 Å². The van der Waals surface area contributed by atoms with Crippen LogP contribution in [-0.2, 0) is 4.79 Å². The van der Waals surface area contributed by atoms with Crippen LogP contribution in [0.3, 0.4) is 0 Å². The summed E-state index contributed by atoms with van der Waals surface area (Å²) in [4.78, 5) is 11.5. The molecule has 0 saturated heterocycles. The lowest BCUT2D eigenvalue weighted by atomic mass is 9.93. The molecular formula is C25H50NO4+. The summed E-state index contributed by atoms with van der Waals surface area (Å²) >= 11 is 0. The number of carboxylic acid groups (broad SMARTS) is 1. The Labute approximate surface area is 185 Å². The van der Waals surface area contributed by atoms with Gasteiger partial charge >= 0.3 is 5.97 Å². The Bertz CT molecular complexity index is 445. The van der Waals surface area contributed by atoms with E-state index in [4.69, 9.17) is 0 Å². The molecule has 0 heterocycles. The van der Waals surface area contributed by atoms with Gasteiger partial charge in [0.15, 0.2) is 0 Å². The van der Waals surface area contributed by atoms with Gasteiger partial charge in [0.25, 0.3) is 0 Å². The molecule has 0 aliphatic carbocycles. The number of quaternary nitrogens is 1. The highest BCUT2D eigenvalue weighted by molar-refractivity contribution is 5.70. The van der Waals surface area contributed by atoms with E-state index in [1.54, 1.807) is 0 Å². The van der Waals surface area contributed by atoms with Crippen LogP contribution in [0.25, 0.3) is 0 Å². The number of hydrogen-bond donors (Lipinski definition) is 3. The number of rotatable bonds is 20. The second kappa shape index (κ2) is 17.7. The number of carbonyl (C=O) groups is 1. The molecule has 5 nitrogen and oxygen atoms in total. The number of nitrogens with zero attached hydrogens (tertiary/aromatic N) is 1. The molecule has 0 amide bonds. The number of likely N-dealkylation sites (N-methyl/N-ethyl adjacent to an activating group) is 1. The van der Waals surface area contributed by atoms with Crippen LogP contribution in [0.2, 0.25) is 0 Å². The highest BCUT2D eigenvalue weighted by Crippen LogP contribution is 2.18. The molecule has 0 radical (unpaired) electrons. The minimum Gasteiger partial charge on any atom is -0.481 e. The summed E-state index contributed by atoms with van der Waals surface area (Å²) in [6.45, 7) is 2.64. The molecule has 0 aromatic heterocycles. The van der Waals surface area contributed by atoms with Crippen molar-refractivity contribution < 1.29 is 24.6 Å². The molecule has 3 atom stereocenters. The average molecular weight is 429 g/mol. The highest BCUT2D eigenvalue weighted by Gasteiger charge is 2.30. The zero-order chi connectivity index (χ0) is 22.8. The second-order valence-corrected chi connectivity index (χ2v) is 9.88. The van der Waals surface area contributed by atoms with Gasteiger partial charge in [-0.2, -0.15) is 0 Å². The molecule has 30 heavy (non-hydrogen) atoms. The molecule has 0 aliphatic rings. The van der Waals surface area contributed by atoms with Crippen LogP contribution >= 0.6 is 0 Å². The molecule has 0 spiro atoms. The molecule has 5 heteroatoms. The summed E-state index contributed by atoms with van der Waals surface area (Å²) in [5, 5.41) is 29.8.